The second-order valence-electron chi connectivity index (χ2n) is 8.15. The van der Waals surface area contributed by atoms with Gasteiger partial charge in [0.15, 0.2) is 0 Å². The van der Waals surface area contributed by atoms with Gasteiger partial charge in [-0.25, -0.2) is 0 Å². The van der Waals surface area contributed by atoms with Crippen LogP contribution >= 0.6 is 0 Å². The number of hydrogen-bond donors (Lipinski definition) is 2. The number of rotatable bonds is 6. The molecule has 5 heteroatoms. The number of fused-ring (bicyclic) bond motifs is 1. The Kier molecular flexibility index (Phi) is 5.17. The van der Waals surface area contributed by atoms with Gasteiger partial charge in [0.1, 0.15) is 11.9 Å². The molecule has 0 amide bonds. The summed E-state index contributed by atoms with van der Waals surface area (Å²) in [6, 6.07) is 13.9. The van der Waals surface area contributed by atoms with Gasteiger partial charge in [0, 0.05) is 33.2 Å². The molecule has 0 spiro atoms. The number of β-amino-alcohol motifs (C(OH)–C–C–N with tert-alkyl or cyclic N) is 1. The summed E-state index contributed by atoms with van der Waals surface area (Å²) >= 11 is 0. The summed E-state index contributed by atoms with van der Waals surface area (Å²) in [6.07, 6.45) is 3.88. The smallest absolute Gasteiger partial charge is 0.133 e. The van der Waals surface area contributed by atoms with Gasteiger partial charge in [-0.1, -0.05) is 30.3 Å². The molecule has 4 rings (SSSR count). The Bertz CT molecular complexity index is 736. The fraction of sp³-hybridized carbons (Fsp3) is 0.500. The van der Waals surface area contributed by atoms with Crippen LogP contribution in [0.1, 0.15) is 30.2 Å². The number of nitrogens with zero attached hydrogens (tertiary/aromatic N) is 2. The molecule has 2 aliphatic rings. The number of ether oxygens (including phenoxy) is 1. The lowest BCUT2D eigenvalue weighted by Crippen LogP contribution is -2.35. The largest absolute Gasteiger partial charge is 0.506 e. The van der Waals surface area contributed by atoms with Gasteiger partial charge >= 0.3 is 0 Å². The van der Waals surface area contributed by atoms with Crippen LogP contribution in [0.5, 0.6) is 5.75 Å². The van der Waals surface area contributed by atoms with Gasteiger partial charge in [-0.05, 0) is 42.4 Å². The van der Waals surface area contributed by atoms with Crippen molar-refractivity contribution in [2.45, 2.75) is 31.0 Å². The predicted octanol–water partition coefficient (Wildman–Crippen LogP) is 2.79. The molecule has 2 heterocycles. The van der Waals surface area contributed by atoms with E-state index in [-0.39, 0.29) is 11.4 Å². The lowest BCUT2D eigenvalue weighted by Gasteiger charge is -2.30. The third kappa shape index (κ3) is 4.00. The van der Waals surface area contributed by atoms with E-state index < -0.39 is 6.10 Å². The molecule has 2 fully saturated rings. The molecule has 0 bridgehead atoms. The number of hydrogen-bond acceptors (Lipinski definition) is 5. The van der Waals surface area contributed by atoms with E-state index in [0.29, 0.717) is 24.1 Å². The predicted molar refractivity (Wildman–Crippen MR) is 103 cm³/mol. The average molecular weight is 368 g/mol. The molecule has 2 N–H and O–H groups in total. The first kappa shape index (κ1) is 18.4. The van der Waals surface area contributed by atoms with Crippen LogP contribution in [0.2, 0.25) is 0 Å². The molecule has 144 valence electrons. The minimum absolute atomic E-state index is 0.0556. The normalized spacial score (nSPS) is 29.0. The van der Waals surface area contributed by atoms with E-state index in [4.69, 9.17) is 4.74 Å². The van der Waals surface area contributed by atoms with Crippen molar-refractivity contribution in [2.24, 2.45) is 11.8 Å². The van der Waals surface area contributed by atoms with Crippen molar-refractivity contribution in [3.8, 4) is 5.75 Å². The van der Waals surface area contributed by atoms with Gasteiger partial charge < -0.3 is 14.9 Å². The van der Waals surface area contributed by atoms with E-state index in [1.165, 1.54) is 11.8 Å². The molecule has 2 unspecified atom stereocenters. The molecule has 4 atom stereocenters. The number of methoxy groups -OCH3 is 1. The minimum atomic E-state index is -0.624. The second kappa shape index (κ2) is 7.58. The van der Waals surface area contributed by atoms with E-state index in [1.807, 2.05) is 7.11 Å². The molecule has 1 aromatic heterocycles. The molecule has 1 aliphatic carbocycles. The first-order valence-electron chi connectivity index (χ1n) is 9.71. The van der Waals surface area contributed by atoms with Crippen molar-refractivity contribution in [2.75, 3.05) is 26.7 Å². The highest BCUT2D eigenvalue weighted by molar-refractivity contribution is 5.20. The molecule has 1 saturated carbocycles. The van der Waals surface area contributed by atoms with Gasteiger partial charge in [-0.15, -0.1) is 0 Å². The number of pyridine rings is 1. The molecule has 1 aromatic carbocycles. The fourth-order valence-corrected chi connectivity index (χ4v) is 4.97. The molecule has 27 heavy (non-hydrogen) atoms. The van der Waals surface area contributed by atoms with E-state index >= 15 is 0 Å². The van der Waals surface area contributed by atoms with Crippen molar-refractivity contribution < 1.29 is 14.9 Å². The van der Waals surface area contributed by atoms with Crippen LogP contribution in [-0.4, -0.2) is 52.4 Å². The van der Waals surface area contributed by atoms with Gasteiger partial charge in [0.2, 0.25) is 0 Å². The summed E-state index contributed by atoms with van der Waals surface area (Å²) < 4.78 is 6.03. The highest BCUT2D eigenvalue weighted by Crippen LogP contribution is 2.47. The number of aliphatic hydroxyl groups is 1. The first-order valence-corrected chi connectivity index (χ1v) is 9.71. The number of aromatic nitrogens is 1. The van der Waals surface area contributed by atoms with E-state index in [0.717, 1.165) is 32.4 Å². The number of aliphatic hydroxyl groups excluding tert-OH is 1. The summed E-state index contributed by atoms with van der Waals surface area (Å²) in [5.74, 6) is 1.36. The van der Waals surface area contributed by atoms with Crippen LogP contribution in [-0.2, 0) is 11.2 Å². The summed E-state index contributed by atoms with van der Waals surface area (Å²) in [6.45, 7) is 2.59. The molecule has 2 aromatic rings. The third-order valence-electron chi connectivity index (χ3n) is 6.27. The van der Waals surface area contributed by atoms with Crippen LogP contribution in [0.25, 0.3) is 0 Å². The topological polar surface area (TPSA) is 65.8 Å². The van der Waals surface area contributed by atoms with Crippen LogP contribution in [0.3, 0.4) is 0 Å². The Morgan fingerprint density at radius 2 is 1.85 bits per heavy atom. The average Bonchev–Trinajstić information content (AvgIpc) is 3.18. The molecule has 0 radical (unpaired) electrons. The highest BCUT2D eigenvalue weighted by Gasteiger charge is 2.49. The summed E-state index contributed by atoms with van der Waals surface area (Å²) in [7, 11) is 1.85. The standard InChI is InChI=1S/C22H28N2O3/c1-27-22(9-16-5-3-2-4-6-16)10-17-13-24(14-18(17)11-22)15-21(26)20-8-7-19(25)12-23-20/h2-8,12,17-18,21,25-26H,9-11,13-15H2,1H3/t17-,18+,21?,22?. The zero-order chi connectivity index (χ0) is 18.9. The van der Waals surface area contributed by atoms with Gasteiger partial charge in [-0.3, -0.25) is 9.88 Å². The lowest BCUT2D eigenvalue weighted by molar-refractivity contribution is -0.0141. The molecule has 1 aliphatic heterocycles. The lowest BCUT2D eigenvalue weighted by atomic mass is 9.91. The number of likely N-dealkylation sites (tertiary alicyclic amines) is 1. The fourth-order valence-electron chi connectivity index (χ4n) is 4.97. The summed E-state index contributed by atoms with van der Waals surface area (Å²) in [4.78, 5) is 6.47. The van der Waals surface area contributed by atoms with Crippen LogP contribution in [0.4, 0.5) is 0 Å². The van der Waals surface area contributed by atoms with Gasteiger partial charge in [-0.2, -0.15) is 0 Å². The third-order valence-corrected chi connectivity index (χ3v) is 6.27. The van der Waals surface area contributed by atoms with Crippen molar-refractivity contribution >= 4 is 0 Å². The van der Waals surface area contributed by atoms with Crippen LogP contribution in [0.15, 0.2) is 48.7 Å². The Labute approximate surface area is 160 Å². The van der Waals surface area contributed by atoms with Crippen molar-refractivity contribution in [3.05, 3.63) is 59.9 Å². The molecule has 1 saturated heterocycles. The molecule has 5 nitrogen and oxygen atoms in total. The van der Waals surface area contributed by atoms with E-state index in [9.17, 15) is 10.2 Å². The SMILES string of the molecule is COC1(Cc2ccccc2)C[C@H]2CN(CC(O)c3ccc(O)cn3)C[C@H]2C1. The quantitative estimate of drug-likeness (QED) is 0.821. The maximum absolute atomic E-state index is 10.5. The van der Waals surface area contributed by atoms with E-state index in [1.54, 1.807) is 12.1 Å². The maximum atomic E-state index is 10.5. The van der Waals surface area contributed by atoms with Gasteiger partial charge in [0.05, 0.1) is 17.5 Å². The number of aromatic hydroxyl groups is 1. The number of benzene rings is 1. The molecular weight excluding hydrogens is 340 g/mol. The minimum Gasteiger partial charge on any atom is -0.506 e. The van der Waals surface area contributed by atoms with E-state index in [2.05, 4.69) is 40.2 Å². The Morgan fingerprint density at radius 3 is 2.44 bits per heavy atom. The first-order chi connectivity index (χ1) is 13.1. The Hall–Kier alpha value is -1.95. The highest BCUT2D eigenvalue weighted by atomic mass is 16.5. The van der Waals surface area contributed by atoms with Crippen LogP contribution < -0.4 is 0 Å². The maximum Gasteiger partial charge on any atom is 0.133 e. The Balaban J connectivity index is 1.35. The Morgan fingerprint density at radius 1 is 1.15 bits per heavy atom. The van der Waals surface area contributed by atoms with Crippen LogP contribution in [0, 0.1) is 11.8 Å². The molecular formula is C22H28N2O3. The summed E-state index contributed by atoms with van der Waals surface area (Å²) in [5.41, 5.74) is 1.89. The van der Waals surface area contributed by atoms with Crippen molar-refractivity contribution in [1.82, 2.24) is 9.88 Å². The van der Waals surface area contributed by atoms with Crippen molar-refractivity contribution in [3.63, 3.8) is 0 Å². The zero-order valence-corrected chi connectivity index (χ0v) is 15.8. The zero-order valence-electron chi connectivity index (χ0n) is 15.8. The summed E-state index contributed by atoms with van der Waals surface area (Å²) in [5, 5.41) is 19.8. The second-order valence-corrected chi connectivity index (χ2v) is 8.15. The van der Waals surface area contributed by atoms with Gasteiger partial charge in [0.25, 0.3) is 0 Å². The monoisotopic (exact) mass is 368 g/mol. The van der Waals surface area contributed by atoms with Crippen molar-refractivity contribution in [1.29, 1.82) is 0 Å².